The van der Waals surface area contributed by atoms with Crippen LogP contribution < -0.4 is 16.2 Å². The number of rotatable bonds is 7. The third kappa shape index (κ3) is 5.52. The lowest BCUT2D eigenvalue weighted by Gasteiger charge is -2.23. The molecule has 0 aliphatic heterocycles. The predicted molar refractivity (Wildman–Crippen MR) is 117 cm³/mol. The number of aromatic nitrogens is 2. The van der Waals surface area contributed by atoms with Crippen LogP contribution in [0.25, 0.3) is 11.4 Å². The molecule has 29 heavy (non-hydrogen) atoms. The number of nitrogens with one attached hydrogen (secondary N) is 3. The summed E-state index contributed by atoms with van der Waals surface area (Å²) in [5.41, 5.74) is 1.90. The normalized spacial score (nSPS) is 12.0. The Hall–Kier alpha value is -2.97. The van der Waals surface area contributed by atoms with Crippen molar-refractivity contribution in [3.63, 3.8) is 0 Å². The molecule has 152 valence electrons. The second kappa shape index (κ2) is 9.49. The first-order valence-electron chi connectivity index (χ1n) is 9.41. The quantitative estimate of drug-likeness (QED) is 0.555. The lowest BCUT2D eigenvalue weighted by atomic mass is 10.2. The number of likely N-dealkylation sites (N-methyl/N-ethyl adjacent to an activating group) is 1. The molecule has 2 amide bonds. The van der Waals surface area contributed by atoms with Gasteiger partial charge in [0.15, 0.2) is 0 Å². The Kier molecular flexibility index (Phi) is 6.79. The summed E-state index contributed by atoms with van der Waals surface area (Å²) in [6.45, 7) is 2.44. The number of aromatic amines is 1. The second-order valence-electron chi connectivity index (χ2n) is 6.85. The van der Waals surface area contributed by atoms with Gasteiger partial charge in [-0.2, -0.15) is 0 Å². The van der Waals surface area contributed by atoms with Crippen molar-refractivity contribution < 1.29 is 4.79 Å². The van der Waals surface area contributed by atoms with Gasteiger partial charge in [0, 0.05) is 34.4 Å². The molecule has 3 aromatic rings. The fourth-order valence-electron chi connectivity index (χ4n) is 2.95. The first kappa shape index (κ1) is 20.8. The minimum Gasteiger partial charge on any atom is -0.336 e. The maximum atomic E-state index is 12.4. The van der Waals surface area contributed by atoms with Crippen molar-refractivity contribution in [2.45, 2.75) is 19.4 Å². The largest absolute Gasteiger partial charge is 0.336 e. The van der Waals surface area contributed by atoms with Crippen molar-refractivity contribution in [2.75, 3.05) is 26.0 Å². The first-order chi connectivity index (χ1) is 14.0. The third-order valence-corrected chi connectivity index (χ3v) is 5.48. The van der Waals surface area contributed by atoms with Gasteiger partial charge >= 0.3 is 6.03 Å². The fourth-order valence-corrected chi connectivity index (χ4v) is 3.88. The zero-order chi connectivity index (χ0) is 20.8. The summed E-state index contributed by atoms with van der Waals surface area (Å²) in [7, 11) is 3.98. The van der Waals surface area contributed by atoms with E-state index in [0.29, 0.717) is 24.5 Å². The van der Waals surface area contributed by atoms with Crippen LogP contribution in [0, 0.1) is 0 Å². The monoisotopic (exact) mass is 411 g/mol. The lowest BCUT2D eigenvalue weighted by Crippen LogP contribution is -2.36. The van der Waals surface area contributed by atoms with Gasteiger partial charge in [0.25, 0.3) is 5.56 Å². The molecule has 0 bridgehead atoms. The summed E-state index contributed by atoms with van der Waals surface area (Å²) in [6.07, 6.45) is 0.675. The van der Waals surface area contributed by atoms with Gasteiger partial charge in [-0.25, -0.2) is 9.78 Å². The van der Waals surface area contributed by atoms with Crippen LogP contribution in [0.1, 0.15) is 23.5 Å². The van der Waals surface area contributed by atoms with E-state index in [1.165, 1.54) is 10.9 Å². The van der Waals surface area contributed by atoms with Crippen molar-refractivity contribution in [3.8, 4) is 11.4 Å². The second-order valence-corrected chi connectivity index (χ2v) is 7.83. The molecule has 1 unspecified atom stereocenters. The standard InChI is InChI=1S/C21H25N5O2S/c1-4-15-12-19(27)25-20(23-15)14-7-5-8-16(11-14)24-21(28)22-13-17(26(2)3)18-9-6-10-29-18/h5-12,17H,4,13H2,1-3H3,(H2,22,24,28)(H,23,25,27). The molecular formula is C21H25N5O2S. The highest BCUT2D eigenvalue weighted by Gasteiger charge is 2.16. The summed E-state index contributed by atoms with van der Waals surface area (Å²) in [5, 5.41) is 7.81. The van der Waals surface area contributed by atoms with Gasteiger partial charge < -0.3 is 20.5 Å². The molecule has 0 radical (unpaired) electrons. The molecule has 1 aromatic carbocycles. The number of hydrogen-bond donors (Lipinski definition) is 3. The summed E-state index contributed by atoms with van der Waals surface area (Å²) in [4.78, 5) is 34.7. The average Bonchev–Trinajstić information content (AvgIpc) is 3.22. The number of benzene rings is 1. The topological polar surface area (TPSA) is 90.1 Å². The van der Waals surface area contributed by atoms with Gasteiger partial charge in [-0.05, 0) is 44.1 Å². The van der Waals surface area contributed by atoms with E-state index in [4.69, 9.17) is 0 Å². The summed E-state index contributed by atoms with van der Waals surface area (Å²) in [6, 6.07) is 12.6. The molecule has 3 rings (SSSR count). The number of carbonyl (C=O) groups excluding carboxylic acids is 1. The van der Waals surface area contributed by atoms with E-state index < -0.39 is 0 Å². The molecule has 0 aliphatic carbocycles. The van der Waals surface area contributed by atoms with E-state index in [1.54, 1.807) is 23.5 Å². The number of aryl methyl sites for hydroxylation is 1. The molecule has 8 heteroatoms. The van der Waals surface area contributed by atoms with Gasteiger partial charge in [0.1, 0.15) is 5.82 Å². The number of nitrogens with zero attached hydrogens (tertiary/aromatic N) is 2. The summed E-state index contributed by atoms with van der Waals surface area (Å²) in [5.74, 6) is 0.490. The fraction of sp³-hybridized carbons (Fsp3) is 0.286. The Balaban J connectivity index is 1.68. The highest BCUT2D eigenvalue weighted by molar-refractivity contribution is 7.10. The van der Waals surface area contributed by atoms with E-state index in [9.17, 15) is 9.59 Å². The van der Waals surface area contributed by atoms with Gasteiger partial charge in [0.2, 0.25) is 0 Å². The van der Waals surface area contributed by atoms with Gasteiger partial charge in [0.05, 0.1) is 6.04 Å². The van der Waals surface area contributed by atoms with Crippen LogP contribution in [0.5, 0.6) is 0 Å². The summed E-state index contributed by atoms with van der Waals surface area (Å²) < 4.78 is 0. The van der Waals surface area contributed by atoms with Crippen molar-refractivity contribution in [1.82, 2.24) is 20.2 Å². The number of carbonyl (C=O) groups is 1. The van der Waals surface area contributed by atoms with Crippen molar-refractivity contribution >= 4 is 23.1 Å². The van der Waals surface area contributed by atoms with Crippen LogP contribution in [0.3, 0.4) is 0 Å². The van der Waals surface area contributed by atoms with Crippen LogP contribution in [0.4, 0.5) is 10.5 Å². The van der Waals surface area contributed by atoms with Crippen molar-refractivity contribution in [2.24, 2.45) is 0 Å². The van der Waals surface area contributed by atoms with Crippen LogP contribution in [0.15, 0.2) is 52.6 Å². The van der Waals surface area contributed by atoms with Gasteiger partial charge in [-0.1, -0.05) is 25.1 Å². The smallest absolute Gasteiger partial charge is 0.319 e. The molecule has 2 heterocycles. The Morgan fingerprint density at radius 1 is 1.24 bits per heavy atom. The highest BCUT2D eigenvalue weighted by atomic mass is 32.1. The van der Waals surface area contributed by atoms with Crippen LogP contribution in [-0.2, 0) is 6.42 Å². The van der Waals surface area contributed by atoms with E-state index in [0.717, 1.165) is 11.3 Å². The van der Waals surface area contributed by atoms with E-state index in [-0.39, 0.29) is 17.6 Å². The maximum absolute atomic E-state index is 12.4. The van der Waals surface area contributed by atoms with E-state index in [2.05, 4.69) is 31.6 Å². The van der Waals surface area contributed by atoms with Crippen molar-refractivity contribution in [3.05, 3.63) is 68.8 Å². The molecular weight excluding hydrogens is 386 g/mol. The zero-order valence-corrected chi connectivity index (χ0v) is 17.5. The molecule has 0 fully saturated rings. The molecule has 0 saturated heterocycles. The molecule has 2 aromatic heterocycles. The molecule has 1 atom stereocenters. The Bertz CT molecular complexity index is 1010. The highest BCUT2D eigenvalue weighted by Crippen LogP contribution is 2.22. The Morgan fingerprint density at radius 3 is 2.76 bits per heavy atom. The van der Waals surface area contributed by atoms with Gasteiger partial charge in [-0.15, -0.1) is 11.3 Å². The Labute approximate surface area is 173 Å². The van der Waals surface area contributed by atoms with Crippen molar-refractivity contribution in [1.29, 1.82) is 0 Å². The van der Waals surface area contributed by atoms with E-state index in [1.807, 2.05) is 44.6 Å². The number of thiophene rings is 1. The summed E-state index contributed by atoms with van der Waals surface area (Å²) >= 11 is 1.67. The molecule has 3 N–H and O–H groups in total. The Morgan fingerprint density at radius 2 is 2.07 bits per heavy atom. The number of urea groups is 1. The molecule has 7 nitrogen and oxygen atoms in total. The SMILES string of the molecule is CCc1cc(=O)[nH]c(-c2cccc(NC(=O)NCC(c3cccs3)N(C)C)c2)n1. The molecule has 0 saturated carbocycles. The van der Waals surface area contributed by atoms with E-state index >= 15 is 0 Å². The average molecular weight is 412 g/mol. The number of hydrogen-bond acceptors (Lipinski definition) is 5. The zero-order valence-electron chi connectivity index (χ0n) is 16.7. The molecule has 0 spiro atoms. The van der Waals surface area contributed by atoms with Crippen LogP contribution in [-0.4, -0.2) is 41.5 Å². The van der Waals surface area contributed by atoms with Crippen LogP contribution in [0.2, 0.25) is 0 Å². The maximum Gasteiger partial charge on any atom is 0.319 e. The molecule has 0 aliphatic rings. The number of amides is 2. The minimum absolute atomic E-state index is 0.109. The van der Waals surface area contributed by atoms with Gasteiger partial charge in [-0.3, -0.25) is 4.79 Å². The third-order valence-electron chi connectivity index (χ3n) is 4.50. The van der Waals surface area contributed by atoms with Crippen LogP contribution >= 0.6 is 11.3 Å². The minimum atomic E-state index is -0.283. The first-order valence-corrected chi connectivity index (χ1v) is 10.3. The number of H-pyrrole nitrogens is 1. The lowest BCUT2D eigenvalue weighted by molar-refractivity contribution is 0.244. The predicted octanol–water partition coefficient (Wildman–Crippen LogP) is 3.49. The number of anilines is 1.